The summed E-state index contributed by atoms with van der Waals surface area (Å²) in [7, 11) is 2.07. The minimum atomic E-state index is -0.0149. The van der Waals surface area contributed by atoms with Crippen molar-refractivity contribution >= 4 is 22.6 Å². The number of anilines is 1. The SMILES string of the molecule is Cc1cc(C)n(C(C)CC(=O)Nc2ccc3c(c2)nc(CN2CCCCC2)n3C)n1. The average molecular weight is 409 g/mol. The van der Waals surface area contributed by atoms with Crippen LogP contribution in [0.15, 0.2) is 24.3 Å². The standard InChI is InChI=1S/C23H32N6O/c1-16-12-17(2)29(26-16)18(3)13-23(30)24-19-8-9-21-20(14-19)25-22(27(21)4)15-28-10-6-5-7-11-28/h8-9,12,14,18H,5-7,10-11,13,15H2,1-4H3,(H,24,30). The molecule has 1 aliphatic rings. The van der Waals surface area contributed by atoms with E-state index in [2.05, 4.69) is 26.9 Å². The maximum atomic E-state index is 12.6. The third-order valence-corrected chi connectivity index (χ3v) is 6.01. The van der Waals surface area contributed by atoms with Crippen molar-refractivity contribution in [3.63, 3.8) is 0 Å². The summed E-state index contributed by atoms with van der Waals surface area (Å²) >= 11 is 0. The predicted molar refractivity (Wildman–Crippen MR) is 120 cm³/mol. The second-order valence-electron chi connectivity index (χ2n) is 8.60. The van der Waals surface area contributed by atoms with Crippen molar-refractivity contribution in [2.75, 3.05) is 18.4 Å². The molecule has 0 radical (unpaired) electrons. The summed E-state index contributed by atoms with van der Waals surface area (Å²) in [6.07, 6.45) is 4.26. The number of nitrogens with one attached hydrogen (secondary N) is 1. The van der Waals surface area contributed by atoms with Crippen LogP contribution in [0.3, 0.4) is 0 Å². The Morgan fingerprint density at radius 3 is 2.63 bits per heavy atom. The maximum absolute atomic E-state index is 12.6. The summed E-state index contributed by atoms with van der Waals surface area (Å²) in [4.78, 5) is 19.9. The second-order valence-corrected chi connectivity index (χ2v) is 8.60. The highest BCUT2D eigenvalue weighted by Crippen LogP contribution is 2.22. The molecular weight excluding hydrogens is 376 g/mol. The van der Waals surface area contributed by atoms with Gasteiger partial charge in [-0.05, 0) is 71.0 Å². The zero-order chi connectivity index (χ0) is 21.3. The van der Waals surface area contributed by atoms with Gasteiger partial charge in [-0.2, -0.15) is 5.10 Å². The zero-order valence-electron chi connectivity index (χ0n) is 18.5. The first-order valence-electron chi connectivity index (χ1n) is 10.9. The number of amides is 1. The number of rotatable bonds is 6. The van der Waals surface area contributed by atoms with Gasteiger partial charge in [0.05, 0.1) is 29.3 Å². The first-order valence-corrected chi connectivity index (χ1v) is 10.9. The molecule has 7 nitrogen and oxygen atoms in total. The van der Waals surface area contributed by atoms with E-state index in [4.69, 9.17) is 4.98 Å². The van der Waals surface area contributed by atoms with Gasteiger partial charge in [0.1, 0.15) is 5.82 Å². The molecule has 1 N–H and O–H groups in total. The lowest BCUT2D eigenvalue weighted by molar-refractivity contribution is -0.116. The lowest BCUT2D eigenvalue weighted by Crippen LogP contribution is -2.30. The molecular formula is C23H32N6O. The highest BCUT2D eigenvalue weighted by atomic mass is 16.1. The van der Waals surface area contributed by atoms with E-state index in [-0.39, 0.29) is 11.9 Å². The number of nitrogens with zero attached hydrogens (tertiary/aromatic N) is 5. The van der Waals surface area contributed by atoms with Crippen LogP contribution in [0.1, 0.15) is 55.9 Å². The molecule has 4 rings (SSSR count). The molecule has 2 aromatic heterocycles. The van der Waals surface area contributed by atoms with Crippen LogP contribution in [-0.2, 0) is 18.4 Å². The Labute approximate surface area is 178 Å². The van der Waals surface area contributed by atoms with E-state index in [1.165, 1.54) is 19.3 Å². The Hall–Kier alpha value is -2.67. The number of hydrogen-bond donors (Lipinski definition) is 1. The number of imidazole rings is 1. The largest absolute Gasteiger partial charge is 0.330 e. The fraction of sp³-hybridized carbons (Fsp3) is 0.522. The van der Waals surface area contributed by atoms with Gasteiger partial charge < -0.3 is 9.88 Å². The quantitative estimate of drug-likeness (QED) is 0.670. The van der Waals surface area contributed by atoms with Crippen molar-refractivity contribution < 1.29 is 4.79 Å². The summed E-state index contributed by atoms with van der Waals surface area (Å²) < 4.78 is 4.09. The van der Waals surface area contributed by atoms with Crippen molar-refractivity contribution in [3.05, 3.63) is 41.5 Å². The van der Waals surface area contributed by atoms with Gasteiger partial charge in [0.2, 0.25) is 5.91 Å². The van der Waals surface area contributed by atoms with Crippen molar-refractivity contribution in [2.45, 2.75) is 59.0 Å². The highest BCUT2D eigenvalue weighted by Gasteiger charge is 2.17. The molecule has 0 aliphatic carbocycles. The average Bonchev–Trinajstić information content (AvgIpc) is 3.20. The molecule has 1 amide bonds. The predicted octanol–water partition coefficient (Wildman–Crippen LogP) is 3.96. The molecule has 1 aromatic carbocycles. The summed E-state index contributed by atoms with van der Waals surface area (Å²) in [5.74, 6) is 1.06. The Bertz CT molecular complexity index is 1040. The van der Waals surface area contributed by atoms with Crippen LogP contribution in [0.2, 0.25) is 0 Å². The highest BCUT2D eigenvalue weighted by molar-refractivity contribution is 5.93. The minimum Gasteiger partial charge on any atom is -0.330 e. The number of carbonyl (C=O) groups is 1. The van der Waals surface area contributed by atoms with Gasteiger partial charge in [0.15, 0.2) is 0 Å². The fourth-order valence-corrected chi connectivity index (χ4v) is 4.45. The number of piperidine rings is 1. The van der Waals surface area contributed by atoms with E-state index in [9.17, 15) is 4.79 Å². The number of aryl methyl sites for hydroxylation is 3. The molecule has 1 saturated heterocycles. The molecule has 160 valence electrons. The monoisotopic (exact) mass is 408 g/mol. The van der Waals surface area contributed by atoms with E-state index < -0.39 is 0 Å². The van der Waals surface area contributed by atoms with Crippen LogP contribution in [0.4, 0.5) is 5.69 Å². The lowest BCUT2D eigenvalue weighted by atomic mass is 10.1. The van der Waals surface area contributed by atoms with Crippen LogP contribution in [-0.4, -0.2) is 43.2 Å². The first-order chi connectivity index (χ1) is 14.4. The van der Waals surface area contributed by atoms with Gasteiger partial charge >= 0.3 is 0 Å². The van der Waals surface area contributed by atoms with E-state index in [0.29, 0.717) is 6.42 Å². The zero-order valence-corrected chi connectivity index (χ0v) is 18.5. The molecule has 0 spiro atoms. The molecule has 1 atom stereocenters. The summed E-state index contributed by atoms with van der Waals surface area (Å²) in [5.41, 5.74) is 4.85. The molecule has 3 aromatic rings. The number of benzene rings is 1. The van der Waals surface area contributed by atoms with Gasteiger partial charge in [0.25, 0.3) is 0 Å². The Balaban J connectivity index is 1.44. The van der Waals surface area contributed by atoms with Gasteiger partial charge in [-0.15, -0.1) is 0 Å². The van der Waals surface area contributed by atoms with Crippen LogP contribution in [0.5, 0.6) is 0 Å². The van der Waals surface area contributed by atoms with Gasteiger partial charge in [-0.3, -0.25) is 14.4 Å². The topological polar surface area (TPSA) is 68.0 Å². The van der Waals surface area contributed by atoms with E-state index in [1.807, 2.05) is 49.7 Å². The summed E-state index contributed by atoms with van der Waals surface area (Å²) in [5, 5.41) is 7.52. The first kappa shape index (κ1) is 20.6. The number of aromatic nitrogens is 4. The normalized spacial score (nSPS) is 16.1. The minimum absolute atomic E-state index is 0.00780. The molecule has 30 heavy (non-hydrogen) atoms. The number of likely N-dealkylation sites (tertiary alicyclic amines) is 1. The number of fused-ring (bicyclic) bond motifs is 1. The second kappa shape index (κ2) is 8.60. The van der Waals surface area contributed by atoms with Crippen molar-refractivity contribution in [3.8, 4) is 0 Å². The van der Waals surface area contributed by atoms with E-state index in [0.717, 1.165) is 53.6 Å². The van der Waals surface area contributed by atoms with Crippen molar-refractivity contribution in [2.24, 2.45) is 7.05 Å². The molecule has 1 unspecified atom stereocenters. The molecule has 1 aliphatic heterocycles. The third kappa shape index (κ3) is 4.41. The van der Waals surface area contributed by atoms with Crippen LogP contribution in [0, 0.1) is 13.8 Å². The van der Waals surface area contributed by atoms with Crippen LogP contribution < -0.4 is 5.32 Å². The van der Waals surface area contributed by atoms with Crippen LogP contribution in [0.25, 0.3) is 11.0 Å². The lowest BCUT2D eigenvalue weighted by Gasteiger charge is -2.25. The van der Waals surface area contributed by atoms with Crippen LogP contribution >= 0.6 is 0 Å². The van der Waals surface area contributed by atoms with Crippen molar-refractivity contribution in [1.29, 1.82) is 0 Å². The maximum Gasteiger partial charge on any atom is 0.226 e. The summed E-state index contributed by atoms with van der Waals surface area (Å²) in [6, 6.07) is 8.02. The van der Waals surface area contributed by atoms with Gasteiger partial charge in [-0.1, -0.05) is 6.42 Å². The van der Waals surface area contributed by atoms with E-state index >= 15 is 0 Å². The molecule has 3 heterocycles. The number of carbonyl (C=O) groups excluding carboxylic acids is 1. The Morgan fingerprint density at radius 2 is 1.93 bits per heavy atom. The van der Waals surface area contributed by atoms with Gasteiger partial charge in [0, 0.05) is 24.8 Å². The Morgan fingerprint density at radius 1 is 1.17 bits per heavy atom. The molecule has 7 heteroatoms. The third-order valence-electron chi connectivity index (χ3n) is 6.01. The van der Waals surface area contributed by atoms with E-state index in [1.54, 1.807) is 0 Å². The van der Waals surface area contributed by atoms with Crippen molar-refractivity contribution in [1.82, 2.24) is 24.2 Å². The fourth-order valence-electron chi connectivity index (χ4n) is 4.45. The Kier molecular flexibility index (Phi) is 5.90. The molecule has 0 saturated carbocycles. The van der Waals surface area contributed by atoms with Gasteiger partial charge in [-0.25, -0.2) is 4.98 Å². The number of hydrogen-bond acceptors (Lipinski definition) is 4. The molecule has 1 fully saturated rings. The summed E-state index contributed by atoms with van der Waals surface area (Å²) in [6.45, 7) is 9.19. The smallest absolute Gasteiger partial charge is 0.226 e. The molecule has 0 bridgehead atoms.